The third-order valence-electron chi connectivity index (χ3n) is 6.41. The second-order valence-corrected chi connectivity index (χ2v) is 15.0. The van der Waals surface area contributed by atoms with Gasteiger partial charge in [-0.2, -0.15) is 0 Å². The van der Waals surface area contributed by atoms with Gasteiger partial charge in [0.2, 0.25) is 0 Å². The van der Waals surface area contributed by atoms with Gasteiger partial charge in [-0.1, -0.05) is 228 Å². The summed E-state index contributed by atoms with van der Waals surface area (Å²) in [5.41, 5.74) is 0. The Hall–Kier alpha value is -2.86. The summed E-state index contributed by atoms with van der Waals surface area (Å²) in [7, 11) is -1.26. The van der Waals surface area contributed by atoms with Crippen molar-refractivity contribution < 1.29 is 17.4 Å². The molecule has 0 amide bonds. The zero-order valence-corrected chi connectivity index (χ0v) is 30.2. The number of rotatable bonds is 6. The van der Waals surface area contributed by atoms with Gasteiger partial charge in [0, 0.05) is 0 Å². The first-order valence-corrected chi connectivity index (χ1v) is 19.3. The molecule has 0 aliphatic heterocycles. The van der Waals surface area contributed by atoms with E-state index in [-0.39, 0.29) is 17.4 Å². The molecule has 0 spiro atoms. The molecule has 0 saturated carbocycles. The van der Waals surface area contributed by atoms with E-state index in [1.54, 1.807) is 0 Å². The molecule has 4 heteroatoms. The van der Waals surface area contributed by atoms with Crippen molar-refractivity contribution >= 4 is 55.6 Å². The molecule has 1 radical (unpaired) electrons. The average molecular weight is 680 g/mol. The maximum atomic E-state index is 4.24. The van der Waals surface area contributed by atoms with Gasteiger partial charge in [-0.25, -0.2) is 23.8 Å². The first kappa shape index (κ1) is 38.3. The molecule has 0 nitrogen and oxygen atoms in total. The monoisotopic (exact) mass is 679 g/mol. The fraction of sp³-hybridized carbons (Fsp3) is 0.0488. The third kappa shape index (κ3) is 13.2. The predicted octanol–water partition coefficient (Wildman–Crippen LogP) is 9.76. The summed E-state index contributed by atoms with van der Waals surface area (Å²) >= 11 is 0. The van der Waals surface area contributed by atoms with Crippen molar-refractivity contribution in [2.75, 3.05) is 0 Å². The summed E-state index contributed by atoms with van der Waals surface area (Å²) in [6.07, 6.45) is 0. The van der Waals surface area contributed by atoms with Gasteiger partial charge in [0.1, 0.15) is 0 Å². The Balaban J connectivity index is 0.000000226. The Morgan fingerprint density at radius 1 is 0.267 bits per heavy atom. The van der Waals surface area contributed by atoms with E-state index in [0.717, 1.165) is 0 Å². The van der Waals surface area contributed by atoms with Crippen LogP contribution in [0.5, 0.6) is 0 Å². The Morgan fingerprint density at radius 3 is 0.489 bits per heavy atom. The Kier molecular flexibility index (Phi) is 19.3. The van der Waals surface area contributed by atoms with Crippen molar-refractivity contribution in [3.63, 3.8) is 0 Å². The molecule has 0 heterocycles. The van der Waals surface area contributed by atoms with Crippen LogP contribution in [0.3, 0.4) is 0 Å². The summed E-state index contributed by atoms with van der Waals surface area (Å²) in [6.45, 7) is 16.7. The molecular weight excluding hydrogens is 637 g/mol. The first-order valence-electron chi connectivity index (χ1n) is 14.8. The van der Waals surface area contributed by atoms with Crippen molar-refractivity contribution in [2.24, 2.45) is 0 Å². The van der Waals surface area contributed by atoms with E-state index < -0.39 is 23.8 Å². The van der Waals surface area contributed by atoms with Crippen molar-refractivity contribution in [3.05, 3.63) is 202 Å². The van der Waals surface area contributed by atoms with Gasteiger partial charge in [-0.05, 0) is 0 Å². The molecule has 0 aromatic heterocycles. The SMILES string of the molecule is CC.[CH2-]P(c1ccccc1)c1ccccc1.[CH2-]P(c1ccccc1)c1ccccc1.[CH2-]P(c1ccccc1)c1ccccc1.[Cr+3]. The minimum Gasteiger partial charge on any atom is -0.308 e. The Morgan fingerprint density at radius 2 is 0.378 bits per heavy atom. The molecule has 0 atom stereocenters. The predicted molar refractivity (Wildman–Crippen MR) is 205 cm³/mol. The zero-order valence-electron chi connectivity index (χ0n) is 26.2. The van der Waals surface area contributed by atoms with Crippen molar-refractivity contribution in [2.45, 2.75) is 13.8 Å². The van der Waals surface area contributed by atoms with Crippen LogP contribution in [0.2, 0.25) is 0 Å². The van der Waals surface area contributed by atoms with E-state index in [9.17, 15) is 0 Å². The molecule has 227 valence electrons. The fourth-order valence-electron chi connectivity index (χ4n) is 4.09. The average Bonchev–Trinajstić information content (AvgIpc) is 3.14. The summed E-state index contributed by atoms with van der Waals surface area (Å²) in [5.74, 6) is 0. The molecule has 0 aliphatic rings. The zero-order chi connectivity index (χ0) is 31.4. The first-order chi connectivity index (χ1) is 21.6. The molecule has 6 rings (SSSR count). The van der Waals surface area contributed by atoms with Crippen LogP contribution in [0.15, 0.2) is 182 Å². The summed E-state index contributed by atoms with van der Waals surface area (Å²) < 4.78 is 0. The van der Waals surface area contributed by atoms with Crippen LogP contribution >= 0.6 is 23.8 Å². The van der Waals surface area contributed by atoms with E-state index in [2.05, 4.69) is 166 Å². The van der Waals surface area contributed by atoms with Crippen molar-refractivity contribution in [3.8, 4) is 0 Å². The normalized spacial score (nSPS) is 9.87. The van der Waals surface area contributed by atoms with Crippen molar-refractivity contribution in [1.29, 1.82) is 0 Å². The van der Waals surface area contributed by atoms with E-state index >= 15 is 0 Å². The standard InChI is InChI=1S/3C13H12P.C2H6.Cr/c3*1-14(12-8-4-2-5-9-12)13-10-6-3-7-11-13;1-2;/h3*2-11H,1H2;1-2H3;/q3*-1;;+3. The van der Waals surface area contributed by atoms with Gasteiger partial charge in [-0.15, -0.1) is 0 Å². The van der Waals surface area contributed by atoms with Gasteiger partial charge < -0.3 is 20.0 Å². The molecule has 0 saturated heterocycles. The molecule has 0 N–H and O–H groups in total. The van der Waals surface area contributed by atoms with Crippen LogP contribution < -0.4 is 31.8 Å². The minimum absolute atomic E-state index is 0. The van der Waals surface area contributed by atoms with Gasteiger partial charge in [0.25, 0.3) is 0 Å². The summed E-state index contributed by atoms with van der Waals surface area (Å²) in [4.78, 5) is 0. The second kappa shape index (κ2) is 22.6. The summed E-state index contributed by atoms with van der Waals surface area (Å²) in [5, 5.41) is 7.97. The molecule has 0 unspecified atom stereocenters. The molecule has 0 bridgehead atoms. The van der Waals surface area contributed by atoms with E-state index in [1.165, 1.54) is 31.8 Å². The maximum absolute atomic E-state index is 4.24. The second-order valence-electron chi connectivity index (χ2n) is 9.30. The molecule has 0 aliphatic carbocycles. The smallest absolute Gasteiger partial charge is 0.308 e. The van der Waals surface area contributed by atoms with Gasteiger partial charge >= 0.3 is 17.4 Å². The van der Waals surface area contributed by atoms with Crippen LogP contribution in [0, 0.1) is 20.0 Å². The van der Waals surface area contributed by atoms with Crippen LogP contribution in [0.1, 0.15) is 13.8 Å². The van der Waals surface area contributed by atoms with Crippen LogP contribution in [0.4, 0.5) is 0 Å². The quantitative estimate of drug-likeness (QED) is 0.122. The molecule has 6 aromatic carbocycles. The third-order valence-corrected chi connectivity index (χ3v) is 11.9. The largest absolute Gasteiger partial charge is 3.00 e. The fourth-order valence-corrected chi connectivity index (χ4v) is 8.18. The molecule has 0 fully saturated rings. The summed E-state index contributed by atoms with van der Waals surface area (Å²) in [6, 6.07) is 62.8. The topological polar surface area (TPSA) is 0 Å². The van der Waals surface area contributed by atoms with Gasteiger partial charge in [0.05, 0.1) is 0 Å². The number of benzene rings is 6. The maximum Gasteiger partial charge on any atom is 3.00 e. The van der Waals surface area contributed by atoms with E-state index in [4.69, 9.17) is 0 Å². The van der Waals surface area contributed by atoms with Gasteiger partial charge in [-0.3, -0.25) is 0 Å². The number of hydrogen-bond acceptors (Lipinski definition) is 0. The van der Waals surface area contributed by atoms with E-state index in [1.807, 2.05) is 50.2 Å². The molecular formula is C41H42CrP3. The van der Waals surface area contributed by atoms with Crippen LogP contribution in [0.25, 0.3) is 0 Å². The molecule has 6 aromatic rings. The number of hydrogen-bond donors (Lipinski definition) is 0. The molecule has 45 heavy (non-hydrogen) atoms. The minimum atomic E-state index is -0.421. The van der Waals surface area contributed by atoms with Crippen LogP contribution in [-0.2, 0) is 17.4 Å². The van der Waals surface area contributed by atoms with Crippen LogP contribution in [-0.4, -0.2) is 0 Å². The Labute approximate surface area is 287 Å². The van der Waals surface area contributed by atoms with E-state index in [0.29, 0.717) is 0 Å². The van der Waals surface area contributed by atoms with Crippen molar-refractivity contribution in [1.82, 2.24) is 0 Å². The van der Waals surface area contributed by atoms with Gasteiger partial charge in [0.15, 0.2) is 0 Å². The Bertz CT molecular complexity index is 1220.